The monoisotopic (exact) mass is 289 g/mol. The average molecular weight is 290 g/mol. The van der Waals surface area contributed by atoms with Crippen LogP contribution in [-0.2, 0) is 6.42 Å². The standard InChI is InChI=1S/C8H8BrN3S2/c9-5-1-2-13-8(5)3-6(10)7-4-14-12-11-7/h1-2,4,6H,3,10H2. The van der Waals surface area contributed by atoms with Gasteiger partial charge in [-0.05, 0) is 38.9 Å². The molecule has 0 amide bonds. The third-order valence-electron chi connectivity index (χ3n) is 1.85. The van der Waals surface area contributed by atoms with Crippen molar-refractivity contribution in [2.24, 2.45) is 5.73 Å². The molecule has 6 heteroatoms. The van der Waals surface area contributed by atoms with E-state index in [-0.39, 0.29) is 6.04 Å². The fourth-order valence-corrected chi connectivity index (χ4v) is 3.20. The van der Waals surface area contributed by atoms with Gasteiger partial charge in [-0.15, -0.1) is 16.4 Å². The molecule has 0 radical (unpaired) electrons. The molecular formula is C8H8BrN3S2. The molecule has 2 rings (SSSR count). The van der Waals surface area contributed by atoms with Crippen LogP contribution in [0.2, 0.25) is 0 Å². The zero-order valence-corrected chi connectivity index (χ0v) is 10.4. The summed E-state index contributed by atoms with van der Waals surface area (Å²) in [6, 6.07) is 1.98. The van der Waals surface area contributed by atoms with Crippen LogP contribution in [0.5, 0.6) is 0 Å². The molecule has 74 valence electrons. The van der Waals surface area contributed by atoms with Crippen LogP contribution >= 0.6 is 38.8 Å². The molecule has 0 saturated heterocycles. The number of nitrogens with zero attached hydrogens (tertiary/aromatic N) is 2. The molecule has 14 heavy (non-hydrogen) atoms. The van der Waals surface area contributed by atoms with Gasteiger partial charge in [0.25, 0.3) is 0 Å². The zero-order chi connectivity index (χ0) is 9.97. The smallest absolute Gasteiger partial charge is 0.0926 e. The molecule has 0 aliphatic heterocycles. The highest BCUT2D eigenvalue weighted by atomic mass is 79.9. The number of hydrogen-bond acceptors (Lipinski definition) is 5. The highest BCUT2D eigenvalue weighted by Crippen LogP contribution is 2.26. The van der Waals surface area contributed by atoms with E-state index in [9.17, 15) is 0 Å². The Hall–Kier alpha value is -0.300. The fourth-order valence-electron chi connectivity index (χ4n) is 1.11. The van der Waals surface area contributed by atoms with E-state index in [1.54, 1.807) is 11.3 Å². The van der Waals surface area contributed by atoms with Crippen molar-refractivity contribution in [2.45, 2.75) is 12.5 Å². The zero-order valence-electron chi connectivity index (χ0n) is 7.18. The van der Waals surface area contributed by atoms with Crippen molar-refractivity contribution in [1.82, 2.24) is 9.59 Å². The van der Waals surface area contributed by atoms with Crippen LogP contribution < -0.4 is 5.73 Å². The largest absolute Gasteiger partial charge is 0.322 e. The minimum atomic E-state index is -0.0521. The lowest BCUT2D eigenvalue weighted by molar-refractivity contribution is 0.698. The van der Waals surface area contributed by atoms with E-state index < -0.39 is 0 Å². The van der Waals surface area contributed by atoms with Crippen LogP contribution in [0.3, 0.4) is 0 Å². The van der Waals surface area contributed by atoms with Crippen LogP contribution in [0.4, 0.5) is 0 Å². The second-order valence-electron chi connectivity index (χ2n) is 2.83. The van der Waals surface area contributed by atoms with E-state index in [1.165, 1.54) is 16.4 Å². The van der Waals surface area contributed by atoms with Gasteiger partial charge >= 0.3 is 0 Å². The van der Waals surface area contributed by atoms with Crippen molar-refractivity contribution in [1.29, 1.82) is 0 Å². The van der Waals surface area contributed by atoms with Crippen molar-refractivity contribution in [3.8, 4) is 0 Å². The Balaban J connectivity index is 2.09. The van der Waals surface area contributed by atoms with Crippen molar-refractivity contribution < 1.29 is 0 Å². The number of thiophene rings is 1. The highest BCUT2D eigenvalue weighted by molar-refractivity contribution is 9.10. The number of rotatable bonds is 3. The van der Waals surface area contributed by atoms with E-state index in [4.69, 9.17) is 5.73 Å². The molecule has 1 atom stereocenters. The SMILES string of the molecule is NC(Cc1sccc1Br)c1csnn1. The molecule has 2 N–H and O–H groups in total. The van der Waals surface area contributed by atoms with Crippen LogP contribution in [-0.4, -0.2) is 9.59 Å². The summed E-state index contributed by atoms with van der Waals surface area (Å²) in [5.41, 5.74) is 6.86. The Morgan fingerprint density at radius 1 is 1.57 bits per heavy atom. The van der Waals surface area contributed by atoms with Gasteiger partial charge in [0.1, 0.15) is 0 Å². The van der Waals surface area contributed by atoms with E-state index >= 15 is 0 Å². The van der Waals surface area contributed by atoms with Crippen molar-refractivity contribution in [2.75, 3.05) is 0 Å². The van der Waals surface area contributed by atoms with Crippen LogP contribution in [0.15, 0.2) is 21.3 Å². The molecule has 0 saturated carbocycles. The first-order valence-electron chi connectivity index (χ1n) is 4.02. The molecule has 1 unspecified atom stereocenters. The van der Waals surface area contributed by atoms with Gasteiger partial charge in [0.2, 0.25) is 0 Å². The molecule has 0 aliphatic rings. The van der Waals surface area contributed by atoms with Crippen LogP contribution in [0.25, 0.3) is 0 Å². The van der Waals surface area contributed by atoms with Gasteiger partial charge in [0.05, 0.1) is 11.7 Å². The lowest BCUT2D eigenvalue weighted by Crippen LogP contribution is -2.13. The van der Waals surface area contributed by atoms with Crippen molar-refractivity contribution in [3.05, 3.63) is 31.9 Å². The first-order chi connectivity index (χ1) is 6.77. The van der Waals surface area contributed by atoms with Gasteiger partial charge < -0.3 is 5.73 Å². The van der Waals surface area contributed by atoms with E-state index in [0.717, 1.165) is 16.6 Å². The molecule has 0 fully saturated rings. The summed E-state index contributed by atoms with van der Waals surface area (Å²) in [6.07, 6.45) is 0.809. The summed E-state index contributed by atoms with van der Waals surface area (Å²) in [4.78, 5) is 1.26. The Labute approximate surface area is 98.3 Å². The Kier molecular flexibility index (Phi) is 3.27. The van der Waals surface area contributed by atoms with Gasteiger partial charge in [-0.25, -0.2) is 0 Å². The molecule has 2 aromatic heterocycles. The number of halogens is 1. The minimum absolute atomic E-state index is 0.0521. The molecule has 3 nitrogen and oxygen atoms in total. The Morgan fingerprint density at radius 3 is 3.00 bits per heavy atom. The molecule has 0 bridgehead atoms. The summed E-state index contributed by atoms with van der Waals surface area (Å²) >= 11 is 6.52. The summed E-state index contributed by atoms with van der Waals surface area (Å²) in [7, 11) is 0. The number of aromatic nitrogens is 2. The Morgan fingerprint density at radius 2 is 2.43 bits per heavy atom. The summed E-state index contributed by atoms with van der Waals surface area (Å²) < 4.78 is 4.92. The topological polar surface area (TPSA) is 51.8 Å². The first-order valence-corrected chi connectivity index (χ1v) is 6.52. The summed E-state index contributed by atoms with van der Waals surface area (Å²) in [5.74, 6) is 0. The van der Waals surface area contributed by atoms with E-state index in [2.05, 4.69) is 25.5 Å². The maximum Gasteiger partial charge on any atom is 0.0926 e. The van der Waals surface area contributed by atoms with Crippen molar-refractivity contribution in [3.63, 3.8) is 0 Å². The summed E-state index contributed by atoms with van der Waals surface area (Å²) in [5, 5.41) is 7.90. The second kappa shape index (κ2) is 4.48. The van der Waals surface area contributed by atoms with E-state index in [0.29, 0.717) is 0 Å². The predicted molar refractivity (Wildman–Crippen MR) is 62.6 cm³/mol. The van der Waals surface area contributed by atoms with Crippen LogP contribution in [0.1, 0.15) is 16.6 Å². The Bertz CT molecular complexity index is 398. The van der Waals surface area contributed by atoms with Gasteiger partial charge in [0.15, 0.2) is 0 Å². The maximum atomic E-state index is 5.99. The fraction of sp³-hybridized carbons (Fsp3) is 0.250. The first kappa shape index (κ1) is 10.2. The van der Waals surface area contributed by atoms with Gasteiger partial charge in [-0.1, -0.05) is 4.49 Å². The lowest BCUT2D eigenvalue weighted by Gasteiger charge is -2.06. The lowest BCUT2D eigenvalue weighted by atomic mass is 10.1. The molecule has 2 aromatic rings. The van der Waals surface area contributed by atoms with E-state index in [1.807, 2.05) is 16.8 Å². The molecule has 0 aromatic carbocycles. The van der Waals surface area contributed by atoms with Crippen LogP contribution in [0, 0.1) is 0 Å². The maximum absolute atomic E-state index is 5.99. The third-order valence-corrected chi connectivity index (χ3v) is 4.32. The molecule has 0 aliphatic carbocycles. The molecule has 2 heterocycles. The van der Waals surface area contributed by atoms with Gasteiger partial charge in [-0.3, -0.25) is 0 Å². The van der Waals surface area contributed by atoms with Gasteiger partial charge in [-0.2, -0.15) is 0 Å². The normalized spacial score (nSPS) is 13.0. The third kappa shape index (κ3) is 2.20. The molecule has 0 spiro atoms. The predicted octanol–water partition coefficient (Wildman–Crippen LogP) is 2.60. The minimum Gasteiger partial charge on any atom is -0.322 e. The summed E-state index contributed by atoms with van der Waals surface area (Å²) in [6.45, 7) is 0. The number of hydrogen-bond donors (Lipinski definition) is 1. The quantitative estimate of drug-likeness (QED) is 0.945. The number of nitrogens with two attached hydrogens (primary N) is 1. The second-order valence-corrected chi connectivity index (χ2v) is 5.30. The van der Waals surface area contributed by atoms with Crippen molar-refractivity contribution >= 4 is 38.8 Å². The molecular weight excluding hydrogens is 282 g/mol. The highest BCUT2D eigenvalue weighted by Gasteiger charge is 2.12. The van der Waals surface area contributed by atoms with Gasteiger partial charge in [0, 0.05) is 21.2 Å². The average Bonchev–Trinajstić information content (AvgIpc) is 2.77.